The van der Waals surface area contributed by atoms with Crippen LogP contribution in [0.25, 0.3) is 0 Å². The Bertz CT molecular complexity index is 1030. The summed E-state index contributed by atoms with van der Waals surface area (Å²) >= 11 is 18.5. The summed E-state index contributed by atoms with van der Waals surface area (Å²) in [6, 6.07) is 11.0. The zero-order valence-corrected chi connectivity index (χ0v) is 21.1. The Morgan fingerprint density at radius 3 is 2.22 bits per heavy atom. The Labute approximate surface area is 204 Å². The lowest BCUT2D eigenvalue weighted by molar-refractivity contribution is 0.269. The van der Waals surface area contributed by atoms with E-state index in [1.807, 2.05) is 38.1 Å². The van der Waals surface area contributed by atoms with E-state index in [4.69, 9.17) is 44.3 Å². The molecule has 0 aliphatic carbocycles. The van der Waals surface area contributed by atoms with Crippen molar-refractivity contribution < 1.29 is 23.0 Å². The van der Waals surface area contributed by atoms with Gasteiger partial charge in [-0.3, -0.25) is 4.72 Å². The zero-order valence-electron chi connectivity index (χ0n) is 18.0. The van der Waals surface area contributed by atoms with Gasteiger partial charge in [0.25, 0.3) is 0 Å². The summed E-state index contributed by atoms with van der Waals surface area (Å²) in [6.07, 6.45) is 2.65. The summed E-state index contributed by atoms with van der Waals surface area (Å²) in [6.45, 7) is 4.35. The molecule has 0 unspecified atom stereocenters. The van der Waals surface area contributed by atoms with E-state index in [9.17, 15) is 13.5 Å². The molecule has 2 rings (SSSR count). The van der Waals surface area contributed by atoms with Crippen LogP contribution >= 0.6 is 34.8 Å². The monoisotopic (exact) mass is 521 g/mol. The molecule has 0 radical (unpaired) electrons. The molecule has 10 heteroatoms. The lowest BCUT2D eigenvalue weighted by Crippen LogP contribution is -2.19. The summed E-state index contributed by atoms with van der Waals surface area (Å²) in [7, 11) is -3.44. The van der Waals surface area contributed by atoms with E-state index in [0.29, 0.717) is 40.5 Å². The van der Waals surface area contributed by atoms with Crippen LogP contribution in [0.4, 0.5) is 0 Å². The highest BCUT2D eigenvalue weighted by molar-refractivity contribution is 7.88. The van der Waals surface area contributed by atoms with E-state index >= 15 is 0 Å². The van der Waals surface area contributed by atoms with Crippen LogP contribution in [0, 0.1) is 0 Å². The normalized spacial score (nSPS) is 12.5. The van der Waals surface area contributed by atoms with Gasteiger partial charge in [-0.25, -0.2) is 8.42 Å². The molecule has 6 nitrogen and oxygen atoms in total. The van der Waals surface area contributed by atoms with Gasteiger partial charge in [-0.05, 0) is 41.8 Å². The number of aliphatic hydroxyl groups is 1. The largest absolute Gasteiger partial charge is 0.507 e. The van der Waals surface area contributed by atoms with Crippen molar-refractivity contribution >= 4 is 44.8 Å². The molecule has 2 aromatic carbocycles. The van der Waals surface area contributed by atoms with Crippen molar-refractivity contribution in [2.24, 2.45) is 0 Å². The van der Waals surface area contributed by atoms with Gasteiger partial charge < -0.3 is 14.6 Å². The molecule has 0 atom stereocenters. The van der Waals surface area contributed by atoms with Gasteiger partial charge in [0.2, 0.25) is 10.0 Å². The first kappa shape index (κ1) is 26.5. The fraction of sp³-hybridized carbons (Fsp3) is 0.364. The quantitative estimate of drug-likeness (QED) is 0.226. The number of nitrogens with one attached hydrogen (secondary N) is 1. The molecular weight excluding hydrogens is 497 g/mol. The van der Waals surface area contributed by atoms with Gasteiger partial charge in [-0.2, -0.15) is 0 Å². The second kappa shape index (κ2) is 11.4. The van der Waals surface area contributed by atoms with Crippen LogP contribution in [0.15, 0.2) is 48.4 Å². The van der Waals surface area contributed by atoms with Gasteiger partial charge in [-0.15, -0.1) is 11.6 Å². The SMILES string of the molecule is CC(C)(c1ccc(OC/C(O)=C/NS(C)(=O)=O)cc1)c1cc(Cl)c(OCCCCl)c(Cl)c1. The van der Waals surface area contributed by atoms with Crippen molar-refractivity contribution in [2.75, 3.05) is 25.3 Å². The smallest absolute Gasteiger partial charge is 0.229 e. The predicted molar refractivity (Wildman–Crippen MR) is 130 cm³/mol. The summed E-state index contributed by atoms with van der Waals surface area (Å²) in [5, 5.41) is 10.6. The molecule has 2 aromatic rings. The van der Waals surface area contributed by atoms with Gasteiger partial charge in [-0.1, -0.05) is 49.2 Å². The fourth-order valence-corrected chi connectivity index (χ4v) is 3.85. The highest BCUT2D eigenvalue weighted by atomic mass is 35.5. The number of halogens is 3. The van der Waals surface area contributed by atoms with Gasteiger partial charge in [0.05, 0.1) is 29.1 Å². The predicted octanol–water partition coefficient (Wildman–Crippen LogP) is 5.65. The number of aliphatic hydroxyl groups excluding tert-OH is 1. The number of ether oxygens (including phenoxy) is 2. The second-order valence-corrected chi connectivity index (χ2v) is 10.6. The minimum Gasteiger partial charge on any atom is -0.507 e. The minimum absolute atomic E-state index is 0.179. The molecule has 0 aliphatic heterocycles. The molecule has 0 amide bonds. The van der Waals surface area contributed by atoms with E-state index in [1.54, 1.807) is 12.1 Å². The number of alkyl halides is 1. The number of hydrogen-bond donors (Lipinski definition) is 2. The number of sulfonamides is 1. The van der Waals surface area contributed by atoms with Gasteiger partial charge >= 0.3 is 0 Å². The Kier molecular flexibility index (Phi) is 9.40. The molecule has 0 spiro atoms. The summed E-state index contributed by atoms with van der Waals surface area (Å²) in [5.74, 6) is 1.20. The average molecular weight is 523 g/mol. The third-order valence-electron chi connectivity index (χ3n) is 4.65. The second-order valence-electron chi connectivity index (χ2n) is 7.62. The van der Waals surface area contributed by atoms with E-state index < -0.39 is 15.4 Å². The summed E-state index contributed by atoms with van der Waals surface area (Å²) < 4.78 is 35.3. The standard InChI is InChI=1S/C22H26Cl3NO5S/c1-22(2,16-11-19(24)21(20(25)12-16)30-10-4-9-23)15-5-7-18(8-6-15)31-14-17(27)13-26-32(3,28)29/h5-8,11-13,26-27H,4,9-10,14H2,1-3H3/b17-13-. The molecule has 0 saturated heterocycles. The van der Waals surface area contributed by atoms with E-state index in [0.717, 1.165) is 23.6 Å². The third-order valence-corrected chi connectivity index (χ3v) is 6.02. The van der Waals surface area contributed by atoms with Gasteiger partial charge in [0, 0.05) is 11.3 Å². The first-order valence-electron chi connectivity index (χ1n) is 9.71. The maximum absolute atomic E-state index is 11.0. The van der Waals surface area contributed by atoms with Crippen LogP contribution in [0.2, 0.25) is 10.0 Å². The fourth-order valence-electron chi connectivity index (χ4n) is 2.80. The van der Waals surface area contributed by atoms with Gasteiger partial charge in [0.15, 0.2) is 5.75 Å². The number of benzene rings is 2. The van der Waals surface area contributed by atoms with Crippen LogP contribution in [0.1, 0.15) is 31.4 Å². The zero-order chi connectivity index (χ0) is 23.9. The molecule has 176 valence electrons. The average Bonchev–Trinajstić information content (AvgIpc) is 2.72. The maximum Gasteiger partial charge on any atom is 0.229 e. The first-order chi connectivity index (χ1) is 14.9. The number of rotatable bonds is 11. The van der Waals surface area contributed by atoms with E-state index in [2.05, 4.69) is 4.72 Å². The van der Waals surface area contributed by atoms with Crippen LogP contribution in [0.3, 0.4) is 0 Å². The molecule has 0 fully saturated rings. The maximum atomic E-state index is 11.0. The topological polar surface area (TPSA) is 84.9 Å². The first-order valence-corrected chi connectivity index (χ1v) is 12.9. The van der Waals surface area contributed by atoms with Crippen LogP contribution in [-0.4, -0.2) is 38.9 Å². The van der Waals surface area contributed by atoms with Crippen molar-refractivity contribution in [2.45, 2.75) is 25.7 Å². The molecule has 32 heavy (non-hydrogen) atoms. The lowest BCUT2D eigenvalue weighted by Gasteiger charge is -2.27. The number of hydrogen-bond acceptors (Lipinski definition) is 5. The van der Waals surface area contributed by atoms with Crippen molar-refractivity contribution in [3.63, 3.8) is 0 Å². The van der Waals surface area contributed by atoms with E-state index in [1.165, 1.54) is 0 Å². The molecule has 0 saturated carbocycles. The molecule has 0 bridgehead atoms. The van der Waals surface area contributed by atoms with Crippen molar-refractivity contribution in [3.05, 3.63) is 69.5 Å². The highest BCUT2D eigenvalue weighted by Crippen LogP contribution is 2.40. The van der Waals surface area contributed by atoms with Crippen LogP contribution in [0.5, 0.6) is 11.5 Å². The third kappa shape index (κ3) is 7.66. The van der Waals surface area contributed by atoms with Crippen molar-refractivity contribution in [1.29, 1.82) is 0 Å². The minimum atomic E-state index is -3.44. The lowest BCUT2D eigenvalue weighted by atomic mass is 9.78. The molecule has 0 heterocycles. The molecular formula is C22H26Cl3NO5S. The summed E-state index contributed by atoms with van der Waals surface area (Å²) in [5.41, 5.74) is 1.49. The Hall–Kier alpha value is -1.80. The Morgan fingerprint density at radius 1 is 1.09 bits per heavy atom. The van der Waals surface area contributed by atoms with Crippen LogP contribution in [-0.2, 0) is 15.4 Å². The Morgan fingerprint density at radius 2 is 1.69 bits per heavy atom. The summed E-state index contributed by atoms with van der Waals surface area (Å²) in [4.78, 5) is 0. The highest BCUT2D eigenvalue weighted by Gasteiger charge is 2.25. The molecule has 2 N–H and O–H groups in total. The van der Waals surface area contributed by atoms with Crippen molar-refractivity contribution in [1.82, 2.24) is 4.72 Å². The van der Waals surface area contributed by atoms with Crippen LogP contribution < -0.4 is 14.2 Å². The molecule has 0 aliphatic rings. The molecule has 0 aromatic heterocycles. The van der Waals surface area contributed by atoms with Crippen molar-refractivity contribution in [3.8, 4) is 11.5 Å². The van der Waals surface area contributed by atoms with E-state index in [-0.39, 0.29) is 12.4 Å². The van der Waals surface area contributed by atoms with Gasteiger partial charge in [0.1, 0.15) is 18.1 Å². The Balaban J connectivity index is 2.12.